The first-order chi connectivity index (χ1) is 8.55. The Morgan fingerprint density at radius 2 is 2.33 bits per heavy atom. The Labute approximate surface area is 110 Å². The molecule has 2 rings (SSSR count). The maximum Gasteiger partial charge on any atom is 0.103 e. The lowest BCUT2D eigenvalue weighted by molar-refractivity contribution is 0.121. The minimum atomic E-state index is -0.130. The van der Waals surface area contributed by atoms with E-state index in [1.807, 2.05) is 12.1 Å². The van der Waals surface area contributed by atoms with Gasteiger partial charge in [-0.15, -0.1) is 0 Å². The van der Waals surface area contributed by atoms with E-state index in [1.54, 1.807) is 6.26 Å². The third kappa shape index (κ3) is 4.14. The van der Waals surface area contributed by atoms with Crippen LogP contribution in [-0.4, -0.2) is 35.7 Å². The highest BCUT2D eigenvalue weighted by molar-refractivity contribution is 4.98. The first kappa shape index (κ1) is 13.6. The maximum absolute atomic E-state index is 9.88. The summed E-state index contributed by atoms with van der Waals surface area (Å²) in [5.41, 5.74) is 0.223. The molecule has 102 valence electrons. The summed E-state index contributed by atoms with van der Waals surface area (Å²) in [6.07, 6.45) is 5.56. The number of nitrogens with zero attached hydrogens (tertiary/aromatic N) is 1. The normalized spacial score (nSPS) is 24.9. The fourth-order valence-electron chi connectivity index (χ4n) is 2.94. The number of rotatable bonds is 4. The Morgan fingerprint density at radius 3 is 3.06 bits per heavy atom. The smallest absolute Gasteiger partial charge is 0.103 e. The highest BCUT2D eigenvalue weighted by Gasteiger charge is 2.28. The number of hydrogen-bond donors (Lipinski definition) is 1. The first-order valence-electron chi connectivity index (χ1n) is 6.98. The molecule has 0 amide bonds. The molecular formula is C15H25NO2. The molecule has 18 heavy (non-hydrogen) atoms. The van der Waals surface area contributed by atoms with Crippen molar-refractivity contribution in [3.05, 3.63) is 24.2 Å². The fraction of sp³-hybridized carbons (Fsp3) is 0.733. The Hall–Kier alpha value is -0.800. The van der Waals surface area contributed by atoms with Gasteiger partial charge < -0.3 is 14.4 Å². The van der Waals surface area contributed by atoms with Crippen molar-refractivity contribution >= 4 is 0 Å². The van der Waals surface area contributed by atoms with Crippen LogP contribution in [0.1, 0.15) is 38.9 Å². The number of hydrogen-bond acceptors (Lipinski definition) is 3. The molecule has 0 aliphatic carbocycles. The van der Waals surface area contributed by atoms with E-state index in [9.17, 15) is 5.11 Å². The van der Waals surface area contributed by atoms with E-state index < -0.39 is 0 Å². The Balaban J connectivity index is 1.78. The van der Waals surface area contributed by atoms with Crippen molar-refractivity contribution in [2.75, 3.05) is 19.6 Å². The van der Waals surface area contributed by atoms with Gasteiger partial charge in [-0.2, -0.15) is 0 Å². The Bertz CT molecular complexity index is 345. The minimum absolute atomic E-state index is 0.130. The van der Waals surface area contributed by atoms with Crippen molar-refractivity contribution in [3.8, 4) is 0 Å². The second kappa shape index (κ2) is 5.89. The molecule has 1 saturated heterocycles. The Kier molecular flexibility index (Phi) is 4.46. The zero-order valence-corrected chi connectivity index (χ0v) is 11.6. The maximum atomic E-state index is 9.88. The minimum Gasteiger partial charge on any atom is -0.469 e. The molecule has 1 aliphatic rings. The lowest BCUT2D eigenvalue weighted by Gasteiger charge is -2.29. The molecule has 1 aromatic heterocycles. The summed E-state index contributed by atoms with van der Waals surface area (Å²) in [6, 6.07) is 3.98. The first-order valence-corrected chi connectivity index (χ1v) is 6.98. The lowest BCUT2D eigenvalue weighted by Crippen LogP contribution is -2.33. The zero-order valence-electron chi connectivity index (χ0n) is 11.6. The SMILES string of the molecule is CC1(C)CC(O)CCN(CCCc2ccco2)C1. The van der Waals surface area contributed by atoms with Gasteiger partial charge in [-0.05, 0) is 43.4 Å². The van der Waals surface area contributed by atoms with Crippen molar-refractivity contribution in [2.24, 2.45) is 5.41 Å². The van der Waals surface area contributed by atoms with Crippen LogP contribution in [-0.2, 0) is 6.42 Å². The quantitative estimate of drug-likeness (QED) is 0.894. The molecule has 1 fully saturated rings. The molecule has 0 bridgehead atoms. The van der Waals surface area contributed by atoms with Gasteiger partial charge in [0.2, 0.25) is 0 Å². The molecule has 2 heterocycles. The van der Waals surface area contributed by atoms with E-state index in [0.717, 1.165) is 51.1 Å². The van der Waals surface area contributed by atoms with E-state index in [-0.39, 0.29) is 11.5 Å². The van der Waals surface area contributed by atoms with Gasteiger partial charge in [0.05, 0.1) is 12.4 Å². The molecule has 0 aromatic carbocycles. The molecule has 1 aromatic rings. The van der Waals surface area contributed by atoms with Crippen LogP contribution in [0.5, 0.6) is 0 Å². The average molecular weight is 251 g/mol. The van der Waals surface area contributed by atoms with Crippen LogP contribution in [0.25, 0.3) is 0 Å². The molecule has 0 radical (unpaired) electrons. The van der Waals surface area contributed by atoms with Crippen LogP contribution in [0.3, 0.4) is 0 Å². The Morgan fingerprint density at radius 1 is 1.50 bits per heavy atom. The standard InChI is InChI=1S/C15H25NO2/c1-15(2)11-13(17)7-9-16(12-15)8-3-5-14-6-4-10-18-14/h4,6,10,13,17H,3,5,7-9,11-12H2,1-2H3. The van der Waals surface area contributed by atoms with E-state index in [0.29, 0.717) is 0 Å². The van der Waals surface area contributed by atoms with Gasteiger partial charge in [0, 0.05) is 19.5 Å². The van der Waals surface area contributed by atoms with Crippen LogP contribution in [0.4, 0.5) is 0 Å². The summed E-state index contributed by atoms with van der Waals surface area (Å²) in [7, 11) is 0. The van der Waals surface area contributed by atoms with Gasteiger partial charge in [-0.3, -0.25) is 0 Å². The molecule has 0 saturated carbocycles. The van der Waals surface area contributed by atoms with E-state index >= 15 is 0 Å². The van der Waals surface area contributed by atoms with Crippen LogP contribution in [0.2, 0.25) is 0 Å². The monoisotopic (exact) mass is 251 g/mol. The number of aliphatic hydroxyl groups excluding tert-OH is 1. The van der Waals surface area contributed by atoms with Crippen molar-refractivity contribution in [3.63, 3.8) is 0 Å². The second-order valence-electron chi connectivity index (χ2n) is 6.27. The number of aryl methyl sites for hydroxylation is 1. The van der Waals surface area contributed by atoms with E-state index in [1.165, 1.54) is 0 Å². The van der Waals surface area contributed by atoms with Gasteiger partial charge >= 0.3 is 0 Å². The van der Waals surface area contributed by atoms with E-state index in [4.69, 9.17) is 4.42 Å². The number of furan rings is 1. The molecule has 1 atom stereocenters. The molecule has 3 nitrogen and oxygen atoms in total. The van der Waals surface area contributed by atoms with Crippen molar-refractivity contribution in [1.29, 1.82) is 0 Å². The topological polar surface area (TPSA) is 36.6 Å². The van der Waals surface area contributed by atoms with Gasteiger partial charge in [0.15, 0.2) is 0 Å². The summed E-state index contributed by atoms with van der Waals surface area (Å²) < 4.78 is 5.35. The third-order valence-corrected chi connectivity index (χ3v) is 3.70. The lowest BCUT2D eigenvalue weighted by atomic mass is 9.87. The summed E-state index contributed by atoms with van der Waals surface area (Å²) in [4.78, 5) is 2.49. The summed E-state index contributed by atoms with van der Waals surface area (Å²) in [5, 5.41) is 9.88. The summed E-state index contributed by atoms with van der Waals surface area (Å²) >= 11 is 0. The van der Waals surface area contributed by atoms with Gasteiger partial charge in [-0.1, -0.05) is 13.8 Å². The van der Waals surface area contributed by atoms with Crippen LogP contribution in [0, 0.1) is 5.41 Å². The molecular weight excluding hydrogens is 226 g/mol. The molecule has 1 N–H and O–H groups in total. The van der Waals surface area contributed by atoms with Crippen LogP contribution < -0.4 is 0 Å². The summed E-state index contributed by atoms with van der Waals surface area (Å²) in [5.74, 6) is 1.07. The number of aliphatic hydroxyl groups is 1. The van der Waals surface area contributed by atoms with Crippen molar-refractivity contribution < 1.29 is 9.52 Å². The zero-order chi connectivity index (χ0) is 13.0. The summed E-state index contributed by atoms with van der Waals surface area (Å²) in [6.45, 7) is 7.70. The predicted octanol–water partition coefficient (Wildman–Crippen LogP) is 2.70. The van der Waals surface area contributed by atoms with Crippen LogP contribution >= 0.6 is 0 Å². The molecule has 1 unspecified atom stereocenters. The van der Waals surface area contributed by atoms with Crippen LogP contribution in [0.15, 0.2) is 22.8 Å². The van der Waals surface area contributed by atoms with Crippen molar-refractivity contribution in [1.82, 2.24) is 4.90 Å². The van der Waals surface area contributed by atoms with Gasteiger partial charge in [0.25, 0.3) is 0 Å². The largest absolute Gasteiger partial charge is 0.469 e. The van der Waals surface area contributed by atoms with Gasteiger partial charge in [-0.25, -0.2) is 0 Å². The predicted molar refractivity (Wildman–Crippen MR) is 72.5 cm³/mol. The highest BCUT2D eigenvalue weighted by Crippen LogP contribution is 2.28. The molecule has 3 heteroatoms. The van der Waals surface area contributed by atoms with Crippen molar-refractivity contribution in [2.45, 2.75) is 45.6 Å². The highest BCUT2D eigenvalue weighted by atomic mass is 16.3. The molecule has 0 spiro atoms. The van der Waals surface area contributed by atoms with E-state index in [2.05, 4.69) is 18.7 Å². The van der Waals surface area contributed by atoms with Gasteiger partial charge in [0.1, 0.15) is 5.76 Å². The third-order valence-electron chi connectivity index (χ3n) is 3.70. The fourth-order valence-corrected chi connectivity index (χ4v) is 2.94. The second-order valence-corrected chi connectivity index (χ2v) is 6.27. The molecule has 1 aliphatic heterocycles. The number of likely N-dealkylation sites (tertiary alicyclic amines) is 1. The average Bonchev–Trinajstić information content (AvgIpc) is 2.73.